The minimum atomic E-state index is -0.404. The standard InChI is InChI=1S/C11H12FNOS/c12-8-1-2-10(13)9(5-8)11(14)7-3-4-15-6-7/h1-2,5,7H,3-4,6,13H2. The summed E-state index contributed by atoms with van der Waals surface area (Å²) >= 11 is 1.76. The summed E-state index contributed by atoms with van der Waals surface area (Å²) in [6.45, 7) is 0. The maximum Gasteiger partial charge on any atom is 0.168 e. The van der Waals surface area contributed by atoms with Crippen LogP contribution in [0.4, 0.5) is 10.1 Å². The first-order chi connectivity index (χ1) is 7.18. The molecule has 1 aliphatic heterocycles. The van der Waals surface area contributed by atoms with Crippen molar-refractivity contribution in [2.45, 2.75) is 6.42 Å². The summed E-state index contributed by atoms with van der Waals surface area (Å²) in [5.41, 5.74) is 6.37. The summed E-state index contributed by atoms with van der Waals surface area (Å²) in [6.07, 6.45) is 0.874. The predicted octanol–water partition coefficient (Wildman–Crippen LogP) is 2.34. The largest absolute Gasteiger partial charge is 0.398 e. The quantitative estimate of drug-likeness (QED) is 0.620. The normalized spacial score (nSPS) is 20.5. The molecule has 0 spiro atoms. The highest BCUT2D eigenvalue weighted by Gasteiger charge is 2.25. The lowest BCUT2D eigenvalue weighted by atomic mass is 9.96. The van der Waals surface area contributed by atoms with E-state index >= 15 is 0 Å². The van der Waals surface area contributed by atoms with Gasteiger partial charge in [0.15, 0.2) is 5.78 Å². The van der Waals surface area contributed by atoms with Crippen LogP contribution in [0.5, 0.6) is 0 Å². The molecule has 1 heterocycles. The average Bonchev–Trinajstić information content (AvgIpc) is 2.74. The summed E-state index contributed by atoms with van der Waals surface area (Å²) in [7, 11) is 0. The second-order valence-corrected chi connectivity index (χ2v) is 4.81. The van der Waals surface area contributed by atoms with Gasteiger partial charge in [0.25, 0.3) is 0 Å². The molecular weight excluding hydrogens is 213 g/mol. The van der Waals surface area contributed by atoms with Crippen molar-refractivity contribution in [3.8, 4) is 0 Å². The molecule has 1 aromatic carbocycles. The van der Waals surface area contributed by atoms with Crippen LogP contribution in [0, 0.1) is 11.7 Å². The average molecular weight is 225 g/mol. The summed E-state index contributed by atoms with van der Waals surface area (Å²) in [6, 6.07) is 3.96. The molecule has 4 heteroatoms. The van der Waals surface area contributed by atoms with Crippen LogP contribution < -0.4 is 5.73 Å². The molecule has 1 atom stereocenters. The Morgan fingerprint density at radius 2 is 2.33 bits per heavy atom. The fourth-order valence-corrected chi connectivity index (χ4v) is 2.92. The first-order valence-corrected chi connectivity index (χ1v) is 6.01. The number of nitrogen functional groups attached to an aromatic ring is 1. The summed E-state index contributed by atoms with van der Waals surface area (Å²) in [4.78, 5) is 12.0. The molecule has 0 saturated carbocycles. The van der Waals surface area contributed by atoms with Gasteiger partial charge in [0, 0.05) is 22.9 Å². The highest BCUT2D eigenvalue weighted by Crippen LogP contribution is 2.28. The van der Waals surface area contributed by atoms with Gasteiger partial charge in [-0.25, -0.2) is 4.39 Å². The maximum absolute atomic E-state index is 13.0. The van der Waals surface area contributed by atoms with E-state index in [0.29, 0.717) is 11.3 Å². The van der Waals surface area contributed by atoms with Crippen molar-refractivity contribution in [3.05, 3.63) is 29.6 Å². The molecule has 2 N–H and O–H groups in total. The fourth-order valence-electron chi connectivity index (χ4n) is 1.70. The van der Waals surface area contributed by atoms with E-state index in [-0.39, 0.29) is 11.7 Å². The second-order valence-electron chi connectivity index (χ2n) is 3.66. The van der Waals surface area contributed by atoms with E-state index in [4.69, 9.17) is 5.73 Å². The van der Waals surface area contributed by atoms with E-state index < -0.39 is 5.82 Å². The first-order valence-electron chi connectivity index (χ1n) is 4.85. The van der Waals surface area contributed by atoms with Gasteiger partial charge in [-0.1, -0.05) is 0 Å². The number of ketones is 1. The third-order valence-electron chi connectivity index (χ3n) is 2.58. The molecule has 1 aromatic rings. The smallest absolute Gasteiger partial charge is 0.168 e. The van der Waals surface area contributed by atoms with Crippen molar-refractivity contribution >= 4 is 23.2 Å². The number of hydrogen-bond donors (Lipinski definition) is 1. The topological polar surface area (TPSA) is 43.1 Å². The molecule has 2 nitrogen and oxygen atoms in total. The molecule has 0 bridgehead atoms. The van der Waals surface area contributed by atoms with E-state index in [1.54, 1.807) is 11.8 Å². The van der Waals surface area contributed by atoms with Gasteiger partial charge < -0.3 is 5.73 Å². The Morgan fingerprint density at radius 1 is 1.53 bits per heavy atom. The fraction of sp³-hybridized carbons (Fsp3) is 0.364. The lowest BCUT2D eigenvalue weighted by molar-refractivity contribution is 0.0934. The highest BCUT2D eigenvalue weighted by atomic mass is 32.2. The van der Waals surface area contributed by atoms with Crippen molar-refractivity contribution in [2.24, 2.45) is 5.92 Å². The summed E-state index contributed by atoms with van der Waals surface area (Å²) in [5, 5.41) is 0. The van der Waals surface area contributed by atoms with E-state index in [0.717, 1.165) is 17.9 Å². The molecule has 1 saturated heterocycles. The number of carbonyl (C=O) groups excluding carboxylic acids is 1. The number of anilines is 1. The number of rotatable bonds is 2. The van der Waals surface area contributed by atoms with Gasteiger partial charge >= 0.3 is 0 Å². The Balaban J connectivity index is 2.27. The molecule has 0 aliphatic carbocycles. The van der Waals surface area contributed by atoms with Crippen LogP contribution in [-0.2, 0) is 0 Å². The summed E-state index contributed by atoms with van der Waals surface area (Å²) < 4.78 is 13.0. The van der Waals surface area contributed by atoms with Gasteiger partial charge in [0.05, 0.1) is 0 Å². The molecular formula is C11H12FNOS. The van der Waals surface area contributed by atoms with Crippen LogP contribution in [0.15, 0.2) is 18.2 Å². The summed E-state index contributed by atoms with van der Waals surface area (Å²) in [5.74, 6) is 1.43. The Kier molecular flexibility index (Phi) is 2.95. The van der Waals surface area contributed by atoms with Gasteiger partial charge in [-0.15, -0.1) is 0 Å². The minimum absolute atomic E-state index is 0.0131. The van der Waals surface area contributed by atoms with Crippen LogP contribution in [0.2, 0.25) is 0 Å². The predicted molar refractivity (Wildman–Crippen MR) is 60.6 cm³/mol. The maximum atomic E-state index is 13.0. The van der Waals surface area contributed by atoms with Gasteiger partial charge in [-0.3, -0.25) is 4.79 Å². The Morgan fingerprint density at radius 3 is 3.00 bits per heavy atom. The number of Topliss-reactive ketones (excluding diaryl/α,β-unsaturated/α-hetero) is 1. The zero-order valence-electron chi connectivity index (χ0n) is 8.20. The molecule has 80 valence electrons. The zero-order chi connectivity index (χ0) is 10.8. The van der Waals surface area contributed by atoms with E-state index in [1.807, 2.05) is 0 Å². The molecule has 15 heavy (non-hydrogen) atoms. The Bertz CT molecular complexity index is 388. The third-order valence-corrected chi connectivity index (χ3v) is 3.74. The van der Waals surface area contributed by atoms with Crippen LogP contribution >= 0.6 is 11.8 Å². The van der Waals surface area contributed by atoms with Crippen LogP contribution in [0.1, 0.15) is 16.8 Å². The SMILES string of the molecule is Nc1ccc(F)cc1C(=O)C1CCSC1. The molecule has 0 radical (unpaired) electrons. The lowest BCUT2D eigenvalue weighted by Gasteiger charge is -2.09. The van der Waals surface area contributed by atoms with Gasteiger partial charge in [-0.05, 0) is 30.4 Å². The number of carbonyl (C=O) groups is 1. The van der Waals surface area contributed by atoms with Crippen LogP contribution in [-0.4, -0.2) is 17.3 Å². The van der Waals surface area contributed by atoms with Crippen LogP contribution in [0.25, 0.3) is 0 Å². The van der Waals surface area contributed by atoms with Gasteiger partial charge in [-0.2, -0.15) is 11.8 Å². The zero-order valence-corrected chi connectivity index (χ0v) is 9.02. The molecule has 1 unspecified atom stereocenters. The molecule has 2 rings (SSSR count). The number of nitrogens with two attached hydrogens (primary N) is 1. The van der Waals surface area contributed by atoms with Crippen LogP contribution in [0.3, 0.4) is 0 Å². The number of benzene rings is 1. The first kappa shape index (κ1) is 10.5. The number of thioether (sulfide) groups is 1. The van der Waals surface area contributed by atoms with Gasteiger partial charge in [0.2, 0.25) is 0 Å². The van der Waals surface area contributed by atoms with Crippen molar-refractivity contribution in [1.82, 2.24) is 0 Å². The van der Waals surface area contributed by atoms with Gasteiger partial charge in [0.1, 0.15) is 5.82 Å². The Hall–Kier alpha value is -1.03. The molecule has 0 amide bonds. The third kappa shape index (κ3) is 2.15. The molecule has 1 aliphatic rings. The van der Waals surface area contributed by atoms with Crippen molar-refractivity contribution in [2.75, 3.05) is 17.2 Å². The second kappa shape index (κ2) is 4.23. The molecule has 1 fully saturated rings. The number of halogens is 1. The van der Waals surface area contributed by atoms with E-state index in [9.17, 15) is 9.18 Å². The van der Waals surface area contributed by atoms with Crippen molar-refractivity contribution < 1.29 is 9.18 Å². The minimum Gasteiger partial charge on any atom is -0.398 e. The monoisotopic (exact) mass is 225 g/mol. The lowest BCUT2D eigenvalue weighted by Crippen LogP contribution is -2.15. The Labute approximate surface area is 92.0 Å². The van der Waals surface area contributed by atoms with Crippen molar-refractivity contribution in [3.63, 3.8) is 0 Å². The highest BCUT2D eigenvalue weighted by molar-refractivity contribution is 7.99. The molecule has 0 aromatic heterocycles. The van der Waals surface area contributed by atoms with E-state index in [1.165, 1.54) is 18.2 Å². The number of hydrogen-bond acceptors (Lipinski definition) is 3. The van der Waals surface area contributed by atoms with Crippen molar-refractivity contribution in [1.29, 1.82) is 0 Å². The van der Waals surface area contributed by atoms with E-state index in [2.05, 4.69) is 0 Å².